The average Bonchev–Trinajstić information content (AvgIpc) is 2.38. The second kappa shape index (κ2) is 8.38. The molecule has 0 saturated heterocycles. The van der Waals surface area contributed by atoms with Gasteiger partial charge in [0, 0.05) is 24.3 Å². The SMILES string of the molecule is CCCCCOCc1cc(CNC(C)(C)C)ccc1F. The Bertz CT molecular complexity index is 398. The molecule has 1 N–H and O–H groups in total. The molecule has 2 nitrogen and oxygen atoms in total. The summed E-state index contributed by atoms with van der Waals surface area (Å²) in [5.74, 6) is -0.181. The van der Waals surface area contributed by atoms with Crippen molar-refractivity contribution in [3.05, 3.63) is 35.1 Å². The van der Waals surface area contributed by atoms with Crippen LogP contribution >= 0.6 is 0 Å². The van der Waals surface area contributed by atoms with Gasteiger partial charge < -0.3 is 10.1 Å². The van der Waals surface area contributed by atoms with Crippen LogP contribution in [0.15, 0.2) is 18.2 Å². The Labute approximate surface area is 122 Å². The Hall–Kier alpha value is -0.930. The minimum absolute atomic E-state index is 0.0607. The Balaban J connectivity index is 2.49. The number of unbranched alkanes of at least 4 members (excludes halogenated alkanes) is 2. The van der Waals surface area contributed by atoms with Crippen molar-refractivity contribution in [3.63, 3.8) is 0 Å². The van der Waals surface area contributed by atoms with Gasteiger partial charge in [0.1, 0.15) is 5.82 Å². The van der Waals surface area contributed by atoms with Gasteiger partial charge in [0.2, 0.25) is 0 Å². The van der Waals surface area contributed by atoms with Crippen LogP contribution in [-0.4, -0.2) is 12.1 Å². The molecule has 20 heavy (non-hydrogen) atoms. The van der Waals surface area contributed by atoms with Gasteiger partial charge in [-0.15, -0.1) is 0 Å². The predicted molar refractivity (Wildman–Crippen MR) is 82.2 cm³/mol. The molecule has 0 aliphatic heterocycles. The Kier molecular flexibility index (Phi) is 7.17. The van der Waals surface area contributed by atoms with E-state index in [-0.39, 0.29) is 11.4 Å². The first-order valence-electron chi connectivity index (χ1n) is 7.52. The second-order valence-electron chi connectivity index (χ2n) is 6.29. The van der Waals surface area contributed by atoms with Crippen molar-refractivity contribution < 1.29 is 9.13 Å². The third kappa shape index (κ3) is 7.01. The Morgan fingerprint density at radius 1 is 1.20 bits per heavy atom. The number of ether oxygens (including phenoxy) is 1. The van der Waals surface area contributed by atoms with Crippen molar-refractivity contribution in [2.75, 3.05) is 6.61 Å². The van der Waals surface area contributed by atoms with Crippen LogP contribution in [0, 0.1) is 5.82 Å². The molecule has 1 aromatic carbocycles. The summed E-state index contributed by atoms with van der Waals surface area (Å²) in [5.41, 5.74) is 1.80. The van der Waals surface area contributed by atoms with Crippen LogP contribution in [0.3, 0.4) is 0 Å². The van der Waals surface area contributed by atoms with Crippen molar-refractivity contribution >= 4 is 0 Å². The number of rotatable bonds is 8. The molecule has 0 atom stereocenters. The zero-order chi connectivity index (χ0) is 15.0. The molecule has 0 aromatic heterocycles. The number of halogens is 1. The summed E-state index contributed by atoms with van der Waals surface area (Å²) >= 11 is 0. The van der Waals surface area contributed by atoms with Crippen molar-refractivity contribution in [1.82, 2.24) is 5.32 Å². The van der Waals surface area contributed by atoms with Gasteiger partial charge in [-0.1, -0.05) is 25.8 Å². The molecule has 0 radical (unpaired) electrons. The lowest BCUT2D eigenvalue weighted by Crippen LogP contribution is -2.35. The quantitative estimate of drug-likeness (QED) is 0.712. The lowest BCUT2D eigenvalue weighted by atomic mass is 10.1. The van der Waals surface area contributed by atoms with E-state index in [1.165, 1.54) is 12.5 Å². The van der Waals surface area contributed by atoms with Gasteiger partial charge in [-0.2, -0.15) is 0 Å². The van der Waals surface area contributed by atoms with E-state index in [0.717, 1.165) is 24.9 Å². The molecular formula is C17H28FNO. The van der Waals surface area contributed by atoms with Gasteiger partial charge in [0.05, 0.1) is 6.61 Å². The molecule has 0 saturated carbocycles. The number of hydrogen-bond donors (Lipinski definition) is 1. The van der Waals surface area contributed by atoms with E-state index in [1.807, 2.05) is 12.1 Å². The summed E-state index contributed by atoms with van der Waals surface area (Å²) in [4.78, 5) is 0. The highest BCUT2D eigenvalue weighted by molar-refractivity contribution is 5.24. The van der Waals surface area contributed by atoms with Gasteiger partial charge in [-0.05, 0) is 44.9 Å². The van der Waals surface area contributed by atoms with Crippen molar-refractivity contribution in [3.8, 4) is 0 Å². The molecule has 0 fully saturated rings. The fourth-order valence-corrected chi connectivity index (χ4v) is 1.85. The standard InChI is InChI=1S/C17H28FNO/c1-5-6-7-10-20-13-15-11-14(8-9-16(15)18)12-19-17(2,3)4/h8-9,11,19H,5-7,10,12-13H2,1-4H3. The summed E-state index contributed by atoms with van der Waals surface area (Å²) in [7, 11) is 0. The topological polar surface area (TPSA) is 21.3 Å². The van der Waals surface area contributed by atoms with Crippen molar-refractivity contribution in [2.24, 2.45) is 0 Å². The predicted octanol–water partition coefficient (Wildman–Crippen LogP) is 4.42. The maximum Gasteiger partial charge on any atom is 0.128 e. The van der Waals surface area contributed by atoms with Crippen LogP contribution in [-0.2, 0) is 17.9 Å². The smallest absolute Gasteiger partial charge is 0.128 e. The Morgan fingerprint density at radius 2 is 1.95 bits per heavy atom. The van der Waals surface area contributed by atoms with Crippen molar-refractivity contribution in [2.45, 2.75) is 65.6 Å². The molecule has 3 heteroatoms. The summed E-state index contributed by atoms with van der Waals surface area (Å²) in [5, 5.41) is 3.41. The van der Waals surface area contributed by atoms with E-state index in [4.69, 9.17) is 4.74 Å². The zero-order valence-electron chi connectivity index (χ0n) is 13.3. The van der Waals surface area contributed by atoms with Gasteiger partial charge >= 0.3 is 0 Å². The summed E-state index contributed by atoms with van der Waals surface area (Å²) in [6, 6.07) is 5.26. The van der Waals surface area contributed by atoms with E-state index in [2.05, 4.69) is 33.0 Å². The van der Waals surface area contributed by atoms with Gasteiger partial charge in [0.25, 0.3) is 0 Å². The molecule has 0 heterocycles. The highest BCUT2D eigenvalue weighted by atomic mass is 19.1. The maximum absolute atomic E-state index is 13.7. The van der Waals surface area contributed by atoms with Gasteiger partial charge in [-0.3, -0.25) is 0 Å². The molecule has 0 bridgehead atoms. The fraction of sp³-hybridized carbons (Fsp3) is 0.647. The minimum Gasteiger partial charge on any atom is -0.377 e. The van der Waals surface area contributed by atoms with Gasteiger partial charge in [0.15, 0.2) is 0 Å². The lowest BCUT2D eigenvalue weighted by molar-refractivity contribution is 0.114. The first-order valence-corrected chi connectivity index (χ1v) is 7.52. The van der Waals surface area contributed by atoms with Crippen LogP contribution in [0.25, 0.3) is 0 Å². The number of hydrogen-bond acceptors (Lipinski definition) is 2. The van der Waals surface area contributed by atoms with E-state index in [0.29, 0.717) is 18.8 Å². The number of nitrogens with one attached hydrogen (secondary N) is 1. The fourth-order valence-electron chi connectivity index (χ4n) is 1.85. The summed E-state index contributed by atoms with van der Waals surface area (Å²) in [6.07, 6.45) is 3.38. The largest absolute Gasteiger partial charge is 0.377 e. The van der Waals surface area contributed by atoms with Crippen LogP contribution in [0.4, 0.5) is 4.39 Å². The monoisotopic (exact) mass is 281 g/mol. The highest BCUT2D eigenvalue weighted by Gasteiger charge is 2.09. The van der Waals surface area contributed by atoms with E-state index >= 15 is 0 Å². The van der Waals surface area contributed by atoms with E-state index in [9.17, 15) is 4.39 Å². The molecule has 1 aromatic rings. The average molecular weight is 281 g/mol. The van der Waals surface area contributed by atoms with Crippen LogP contribution in [0.5, 0.6) is 0 Å². The lowest BCUT2D eigenvalue weighted by Gasteiger charge is -2.20. The molecule has 0 spiro atoms. The third-order valence-electron chi connectivity index (χ3n) is 3.08. The van der Waals surface area contributed by atoms with Crippen LogP contribution in [0.2, 0.25) is 0 Å². The minimum atomic E-state index is -0.181. The summed E-state index contributed by atoms with van der Waals surface area (Å²) in [6.45, 7) is 10.3. The molecule has 114 valence electrons. The maximum atomic E-state index is 13.7. The molecule has 0 aliphatic rings. The normalized spacial score (nSPS) is 11.8. The van der Waals surface area contributed by atoms with E-state index in [1.54, 1.807) is 0 Å². The number of benzene rings is 1. The molecule has 1 rings (SSSR count). The van der Waals surface area contributed by atoms with Gasteiger partial charge in [-0.25, -0.2) is 4.39 Å². The highest BCUT2D eigenvalue weighted by Crippen LogP contribution is 2.13. The first kappa shape index (κ1) is 17.1. The Morgan fingerprint density at radius 3 is 2.60 bits per heavy atom. The van der Waals surface area contributed by atoms with Crippen LogP contribution in [0.1, 0.15) is 58.1 Å². The molecule has 0 aliphatic carbocycles. The zero-order valence-corrected chi connectivity index (χ0v) is 13.3. The molecular weight excluding hydrogens is 253 g/mol. The molecule has 0 unspecified atom stereocenters. The first-order chi connectivity index (χ1) is 9.42. The molecule has 0 amide bonds. The van der Waals surface area contributed by atoms with Crippen molar-refractivity contribution in [1.29, 1.82) is 0 Å². The van der Waals surface area contributed by atoms with E-state index < -0.39 is 0 Å². The summed E-state index contributed by atoms with van der Waals surface area (Å²) < 4.78 is 19.3. The van der Waals surface area contributed by atoms with Crippen LogP contribution < -0.4 is 5.32 Å². The second-order valence-corrected chi connectivity index (χ2v) is 6.29. The third-order valence-corrected chi connectivity index (χ3v) is 3.08.